The molecule has 7 rings (SSSR count). The van der Waals surface area contributed by atoms with E-state index in [0.717, 1.165) is 44.1 Å². The highest BCUT2D eigenvalue weighted by Crippen LogP contribution is 2.49. The minimum Gasteiger partial charge on any atom is -0.392 e. The number of aliphatic hydroxyl groups excluding tert-OH is 2. The van der Waals surface area contributed by atoms with E-state index in [2.05, 4.69) is 27.0 Å². The predicted octanol–water partition coefficient (Wildman–Crippen LogP) is 4.06. The molecule has 18 atom stereocenters. The van der Waals surface area contributed by atoms with Crippen LogP contribution in [0.5, 0.6) is 0 Å². The van der Waals surface area contributed by atoms with E-state index < -0.39 is 24.1 Å². The van der Waals surface area contributed by atoms with Crippen molar-refractivity contribution in [2.75, 3.05) is 13.7 Å². The van der Waals surface area contributed by atoms with Crippen LogP contribution in [0.15, 0.2) is 24.3 Å². The number of hydrogen-bond donors (Lipinski definition) is 3. The zero-order valence-corrected chi connectivity index (χ0v) is 32.3. The molecule has 53 heavy (non-hydrogen) atoms. The third-order valence-electron chi connectivity index (χ3n) is 13.5. The first-order valence-electron chi connectivity index (χ1n) is 20.4. The first-order valence-corrected chi connectivity index (χ1v) is 20.4. The number of ether oxygens (including phenoxy) is 8. The van der Waals surface area contributed by atoms with Crippen molar-refractivity contribution in [2.45, 2.75) is 202 Å². The second-order valence-corrected chi connectivity index (χ2v) is 17.3. The van der Waals surface area contributed by atoms with Gasteiger partial charge in [-0.1, -0.05) is 20.1 Å². The van der Waals surface area contributed by atoms with Crippen LogP contribution in [0.4, 0.5) is 0 Å². The first kappa shape index (κ1) is 39.9. The molecule has 0 aromatic carbocycles. The third-order valence-corrected chi connectivity index (χ3v) is 13.5. The quantitative estimate of drug-likeness (QED) is 0.220. The molecule has 7 heterocycles. The molecule has 0 aliphatic carbocycles. The zero-order valence-electron chi connectivity index (χ0n) is 32.3. The SMILES string of the molecule is C=C1C[C@H](CC[C@]23C[C@@H](O)[C@H](O2)[C@H]2C[C@@H](O3)[C@H]3O[C@@H](CC(=O)C[C@@H]4[C@@H](OC)[C@@H](C[C@H](O)CN)O[C@H]4C)CC[C@@H]3O2)O[C@H]1CC[C@H]1C[C@@H](C)C(=C)[C@@H](C)O1. The fourth-order valence-electron chi connectivity index (χ4n) is 10.5. The van der Waals surface area contributed by atoms with Crippen LogP contribution in [0.25, 0.3) is 0 Å². The maximum Gasteiger partial charge on any atom is 0.172 e. The van der Waals surface area contributed by atoms with Gasteiger partial charge in [0.1, 0.15) is 18.0 Å². The summed E-state index contributed by atoms with van der Waals surface area (Å²) in [5.74, 6) is -0.503. The average molecular weight is 748 g/mol. The molecule has 0 radical (unpaired) electrons. The summed E-state index contributed by atoms with van der Waals surface area (Å²) in [5, 5.41) is 21.3. The standard InChI is InChI=1S/C41H65NO11/c1-21-13-28(47-24(4)23(21)3)7-9-33-22(2)14-30(49-33)11-12-41-19-32(45)39(53-41)36-18-37(52-41)40-34(51-36)10-8-29(50-40)15-26(43)16-31-25(5)48-35(38(31)46-6)17-27(44)20-42/h21,24-25,27-40,44-45H,2-3,7-20,42H2,1,4-6H3/t21-,24-,25+,27+,28+,29-,30+,31+,32-,33+,34+,35-,36-,37-,38-,39+,40+,41-/m1/s1. The zero-order chi connectivity index (χ0) is 37.6. The summed E-state index contributed by atoms with van der Waals surface area (Å²) in [5.41, 5.74) is 7.94. The number of Topliss-reactive ketones (excluding diaryl/α,β-unsaturated/α-hetero) is 1. The van der Waals surface area contributed by atoms with Gasteiger partial charge in [-0.05, 0) is 75.9 Å². The van der Waals surface area contributed by atoms with Crippen molar-refractivity contribution in [3.63, 3.8) is 0 Å². The van der Waals surface area contributed by atoms with Gasteiger partial charge < -0.3 is 53.8 Å². The second kappa shape index (κ2) is 16.7. The molecule has 12 nitrogen and oxygen atoms in total. The van der Waals surface area contributed by atoms with Crippen molar-refractivity contribution >= 4 is 5.78 Å². The van der Waals surface area contributed by atoms with Gasteiger partial charge in [0, 0.05) is 58.1 Å². The number of ketones is 1. The van der Waals surface area contributed by atoms with Gasteiger partial charge in [-0.3, -0.25) is 4.79 Å². The van der Waals surface area contributed by atoms with Gasteiger partial charge in [0.05, 0.1) is 79.4 Å². The van der Waals surface area contributed by atoms with Gasteiger partial charge in [-0.25, -0.2) is 0 Å². The van der Waals surface area contributed by atoms with Crippen LogP contribution >= 0.6 is 0 Å². The molecule has 7 aliphatic rings. The molecular weight excluding hydrogens is 682 g/mol. The van der Waals surface area contributed by atoms with Crippen LogP contribution in [-0.4, -0.2) is 127 Å². The molecule has 7 aliphatic heterocycles. The minimum absolute atomic E-state index is 0.00802. The summed E-state index contributed by atoms with van der Waals surface area (Å²) < 4.78 is 51.4. The molecule has 4 bridgehead atoms. The van der Waals surface area contributed by atoms with E-state index in [9.17, 15) is 15.0 Å². The molecule has 12 heteroatoms. The Morgan fingerprint density at radius 2 is 1.74 bits per heavy atom. The lowest BCUT2D eigenvalue weighted by Gasteiger charge is -2.47. The number of aliphatic hydroxyl groups is 2. The van der Waals surface area contributed by atoms with Crippen molar-refractivity contribution < 1.29 is 52.9 Å². The molecule has 0 unspecified atom stereocenters. The maximum atomic E-state index is 13.5. The highest BCUT2D eigenvalue weighted by molar-refractivity contribution is 5.79. The Hall–Kier alpha value is -1.29. The number of carbonyl (C=O) groups excluding carboxylic acids is 1. The highest BCUT2D eigenvalue weighted by atomic mass is 16.7. The highest BCUT2D eigenvalue weighted by Gasteiger charge is 2.59. The Morgan fingerprint density at radius 1 is 0.925 bits per heavy atom. The lowest BCUT2D eigenvalue weighted by atomic mass is 9.85. The van der Waals surface area contributed by atoms with Crippen LogP contribution < -0.4 is 5.73 Å². The molecule has 0 aromatic heterocycles. The van der Waals surface area contributed by atoms with Gasteiger partial charge in [0.25, 0.3) is 0 Å². The Bertz CT molecular complexity index is 1300. The molecule has 7 saturated heterocycles. The van der Waals surface area contributed by atoms with E-state index in [4.69, 9.17) is 43.6 Å². The van der Waals surface area contributed by atoms with Gasteiger partial charge >= 0.3 is 0 Å². The fourth-order valence-corrected chi connectivity index (χ4v) is 10.5. The maximum absolute atomic E-state index is 13.5. The second-order valence-electron chi connectivity index (χ2n) is 17.3. The number of fused-ring (bicyclic) bond motifs is 7. The van der Waals surface area contributed by atoms with E-state index in [1.807, 2.05) is 6.92 Å². The van der Waals surface area contributed by atoms with E-state index in [1.165, 1.54) is 5.57 Å². The Morgan fingerprint density at radius 3 is 2.49 bits per heavy atom. The van der Waals surface area contributed by atoms with Crippen LogP contribution in [0.3, 0.4) is 0 Å². The third kappa shape index (κ3) is 8.68. The van der Waals surface area contributed by atoms with Crippen LogP contribution in [0.1, 0.15) is 104 Å². The lowest BCUT2D eigenvalue weighted by Crippen LogP contribution is -2.58. The van der Waals surface area contributed by atoms with Gasteiger partial charge in [0.2, 0.25) is 0 Å². The molecule has 0 saturated carbocycles. The van der Waals surface area contributed by atoms with Crippen molar-refractivity contribution in [3.05, 3.63) is 24.3 Å². The van der Waals surface area contributed by atoms with Crippen molar-refractivity contribution in [1.29, 1.82) is 0 Å². The van der Waals surface area contributed by atoms with E-state index >= 15 is 0 Å². The van der Waals surface area contributed by atoms with Gasteiger partial charge in [0.15, 0.2) is 5.79 Å². The molecular formula is C41H65NO11. The summed E-state index contributed by atoms with van der Waals surface area (Å²) in [6.07, 6.45) is 4.72. The number of carbonyl (C=O) groups is 1. The first-order chi connectivity index (χ1) is 25.3. The topological polar surface area (TPSA) is 157 Å². The fraction of sp³-hybridized carbons (Fsp3) is 0.878. The molecule has 300 valence electrons. The Labute approximate surface area is 315 Å². The molecule has 0 amide bonds. The van der Waals surface area contributed by atoms with Crippen LogP contribution in [0.2, 0.25) is 0 Å². The number of methoxy groups -OCH3 is 1. The normalized spacial score (nSPS) is 47.4. The monoisotopic (exact) mass is 747 g/mol. The summed E-state index contributed by atoms with van der Waals surface area (Å²) in [4.78, 5) is 13.5. The van der Waals surface area contributed by atoms with E-state index in [1.54, 1.807) is 7.11 Å². The largest absolute Gasteiger partial charge is 0.392 e. The van der Waals surface area contributed by atoms with Crippen molar-refractivity contribution in [1.82, 2.24) is 0 Å². The summed E-state index contributed by atoms with van der Waals surface area (Å²) in [7, 11) is 1.63. The summed E-state index contributed by atoms with van der Waals surface area (Å²) >= 11 is 0. The average Bonchev–Trinajstić information content (AvgIpc) is 3.72. The number of rotatable bonds is 14. The molecule has 0 spiro atoms. The van der Waals surface area contributed by atoms with Crippen molar-refractivity contribution in [3.8, 4) is 0 Å². The smallest absolute Gasteiger partial charge is 0.172 e. The Balaban J connectivity index is 0.924. The summed E-state index contributed by atoms with van der Waals surface area (Å²) in [6.45, 7) is 15.0. The summed E-state index contributed by atoms with van der Waals surface area (Å²) in [6, 6.07) is 0. The van der Waals surface area contributed by atoms with E-state index in [0.29, 0.717) is 50.9 Å². The van der Waals surface area contributed by atoms with E-state index in [-0.39, 0.29) is 91.5 Å². The minimum atomic E-state index is -0.955. The lowest BCUT2D eigenvalue weighted by molar-refractivity contribution is -0.277. The molecule has 4 N–H and O–H groups in total. The van der Waals surface area contributed by atoms with Crippen molar-refractivity contribution in [2.24, 2.45) is 17.6 Å². The number of nitrogens with two attached hydrogens (primary N) is 1. The predicted molar refractivity (Wildman–Crippen MR) is 195 cm³/mol. The Kier molecular flexibility index (Phi) is 12.6. The van der Waals surface area contributed by atoms with Gasteiger partial charge in [-0.2, -0.15) is 0 Å². The van der Waals surface area contributed by atoms with Gasteiger partial charge in [-0.15, -0.1) is 0 Å². The molecule has 0 aromatic rings. The molecule has 7 fully saturated rings. The van der Waals surface area contributed by atoms with Crippen LogP contribution in [0, 0.1) is 11.8 Å². The van der Waals surface area contributed by atoms with Crippen LogP contribution in [-0.2, 0) is 42.7 Å². The number of hydrogen-bond acceptors (Lipinski definition) is 12.